The summed E-state index contributed by atoms with van der Waals surface area (Å²) in [4.78, 5) is 43.2. The van der Waals surface area contributed by atoms with E-state index in [2.05, 4.69) is 25.9 Å². The highest BCUT2D eigenvalue weighted by Crippen LogP contribution is 2.31. The molecular weight excluding hydrogens is 564 g/mol. The molecule has 0 radical (unpaired) electrons. The molecule has 12 nitrogen and oxygen atoms in total. The number of nitro groups is 1. The third-order valence-electron chi connectivity index (χ3n) is 7.73. The molecule has 0 atom stereocenters. The molecule has 3 aromatic rings. The molecular formula is C32H40N6O6. The summed E-state index contributed by atoms with van der Waals surface area (Å²) in [7, 11) is 0. The third kappa shape index (κ3) is 8.88. The quantitative estimate of drug-likeness (QED) is 0.142. The number of ether oxygens (including phenoxy) is 1. The molecule has 1 heterocycles. The van der Waals surface area contributed by atoms with Gasteiger partial charge in [-0.2, -0.15) is 4.98 Å². The van der Waals surface area contributed by atoms with Crippen LogP contribution in [0, 0.1) is 28.9 Å². The van der Waals surface area contributed by atoms with Crippen molar-refractivity contribution >= 4 is 29.5 Å². The zero-order valence-corrected chi connectivity index (χ0v) is 25.6. The second-order valence-corrected chi connectivity index (χ2v) is 12.2. The zero-order valence-electron chi connectivity index (χ0n) is 25.6. The maximum Gasteiger partial charge on any atom is 0.407 e. The van der Waals surface area contributed by atoms with Crippen LogP contribution in [0.15, 0.2) is 48.7 Å². The van der Waals surface area contributed by atoms with Gasteiger partial charge in [-0.1, -0.05) is 30.3 Å². The number of carbonyl (C=O) groups is 2. The highest BCUT2D eigenvalue weighted by molar-refractivity contribution is 5.89. The first-order valence-corrected chi connectivity index (χ1v) is 14.8. The van der Waals surface area contributed by atoms with Crippen LogP contribution in [-0.2, 0) is 11.3 Å². The smallest absolute Gasteiger partial charge is 0.407 e. The number of hydrogen-bond donors (Lipinski definition) is 4. The van der Waals surface area contributed by atoms with E-state index in [1.165, 1.54) is 6.20 Å². The number of carboxylic acid groups (broad SMARTS) is 1. The van der Waals surface area contributed by atoms with Gasteiger partial charge in [0.05, 0.1) is 10.5 Å². The molecule has 1 fully saturated rings. The summed E-state index contributed by atoms with van der Waals surface area (Å²) in [6.07, 6.45) is 4.55. The number of nitrogens with zero attached hydrogens (tertiary/aromatic N) is 3. The van der Waals surface area contributed by atoms with Gasteiger partial charge < -0.3 is 25.8 Å². The van der Waals surface area contributed by atoms with E-state index < -0.39 is 22.6 Å². The molecule has 0 spiro atoms. The number of carboxylic acids is 1. The van der Waals surface area contributed by atoms with Gasteiger partial charge in [-0.15, -0.1) is 0 Å². The first kappa shape index (κ1) is 32.2. The van der Waals surface area contributed by atoms with Gasteiger partial charge in [-0.25, -0.2) is 14.6 Å². The Kier molecular flexibility index (Phi) is 10.4. The molecule has 0 aliphatic heterocycles. The fourth-order valence-electron chi connectivity index (χ4n) is 5.33. The minimum absolute atomic E-state index is 0.164. The number of aromatic carboxylic acids is 1. The Hall–Kier alpha value is -4.74. The van der Waals surface area contributed by atoms with Crippen LogP contribution >= 0.6 is 0 Å². The van der Waals surface area contributed by atoms with Crippen molar-refractivity contribution < 1.29 is 24.4 Å². The predicted octanol–water partition coefficient (Wildman–Crippen LogP) is 6.41. The van der Waals surface area contributed by atoms with Crippen LogP contribution in [0.3, 0.4) is 0 Å². The number of anilines is 2. The molecule has 234 valence electrons. The molecule has 1 saturated carbocycles. The Bertz CT molecular complexity index is 1500. The molecule has 1 amide bonds. The van der Waals surface area contributed by atoms with Crippen molar-refractivity contribution in [3.8, 4) is 11.1 Å². The minimum Gasteiger partial charge on any atom is -0.478 e. The molecule has 1 aliphatic carbocycles. The lowest BCUT2D eigenvalue weighted by molar-refractivity contribution is -0.384. The Balaban J connectivity index is 1.35. The number of hydrogen-bond acceptors (Lipinski definition) is 9. The van der Waals surface area contributed by atoms with Gasteiger partial charge in [0.15, 0.2) is 0 Å². The number of aromatic nitrogens is 2. The first-order valence-electron chi connectivity index (χ1n) is 14.8. The Morgan fingerprint density at radius 3 is 2.39 bits per heavy atom. The maximum atomic E-state index is 12.0. The van der Waals surface area contributed by atoms with Crippen LogP contribution < -0.4 is 16.0 Å². The van der Waals surface area contributed by atoms with Crippen LogP contribution in [-0.4, -0.2) is 50.8 Å². The van der Waals surface area contributed by atoms with Gasteiger partial charge in [0.1, 0.15) is 11.8 Å². The van der Waals surface area contributed by atoms with Crippen LogP contribution in [0.25, 0.3) is 11.1 Å². The van der Waals surface area contributed by atoms with Crippen molar-refractivity contribution in [1.82, 2.24) is 15.3 Å². The minimum atomic E-state index is -0.984. The van der Waals surface area contributed by atoms with E-state index in [-0.39, 0.29) is 23.0 Å². The van der Waals surface area contributed by atoms with Gasteiger partial charge >= 0.3 is 17.7 Å². The molecule has 0 bridgehead atoms. The van der Waals surface area contributed by atoms with Crippen LogP contribution in [0.1, 0.15) is 67.9 Å². The van der Waals surface area contributed by atoms with Gasteiger partial charge in [0.25, 0.3) is 0 Å². The van der Waals surface area contributed by atoms with Gasteiger partial charge in [0.2, 0.25) is 11.8 Å². The number of benzene rings is 2. The van der Waals surface area contributed by atoms with Crippen molar-refractivity contribution in [1.29, 1.82) is 0 Å². The second kappa shape index (κ2) is 14.2. The van der Waals surface area contributed by atoms with Crippen molar-refractivity contribution in [2.75, 3.05) is 23.7 Å². The van der Waals surface area contributed by atoms with E-state index in [9.17, 15) is 24.8 Å². The summed E-state index contributed by atoms with van der Waals surface area (Å²) in [5, 5.41) is 30.3. The molecule has 4 rings (SSSR count). The number of amides is 1. The van der Waals surface area contributed by atoms with Crippen molar-refractivity contribution in [3.63, 3.8) is 0 Å². The summed E-state index contributed by atoms with van der Waals surface area (Å²) < 4.78 is 5.31. The Morgan fingerprint density at radius 1 is 1.05 bits per heavy atom. The summed E-state index contributed by atoms with van der Waals surface area (Å²) in [5.74, 6) is 0.127. The number of nitrogens with one attached hydrogen (secondary N) is 3. The molecule has 1 aromatic heterocycles. The molecule has 0 saturated heterocycles. The van der Waals surface area contributed by atoms with E-state index in [4.69, 9.17) is 4.74 Å². The molecule has 2 aromatic carbocycles. The molecule has 4 N–H and O–H groups in total. The van der Waals surface area contributed by atoms with Gasteiger partial charge in [-0.05, 0) is 99.6 Å². The normalized spacial score (nSPS) is 16.5. The summed E-state index contributed by atoms with van der Waals surface area (Å²) in [5.41, 5.74) is 3.13. The van der Waals surface area contributed by atoms with E-state index >= 15 is 0 Å². The average Bonchev–Trinajstić information content (AvgIpc) is 2.98. The number of alkyl carbamates (subject to hydrolysis) is 1. The fourth-order valence-corrected chi connectivity index (χ4v) is 5.33. The second-order valence-electron chi connectivity index (χ2n) is 12.2. The lowest BCUT2D eigenvalue weighted by Gasteiger charge is -2.29. The van der Waals surface area contributed by atoms with Crippen LogP contribution in [0.5, 0.6) is 0 Å². The molecule has 12 heteroatoms. The van der Waals surface area contributed by atoms with Gasteiger partial charge in [-0.3, -0.25) is 10.1 Å². The van der Waals surface area contributed by atoms with Crippen molar-refractivity contribution in [2.24, 2.45) is 11.8 Å². The molecule has 44 heavy (non-hydrogen) atoms. The largest absolute Gasteiger partial charge is 0.478 e. The lowest BCUT2D eigenvalue weighted by atomic mass is 9.82. The average molecular weight is 605 g/mol. The number of rotatable bonds is 11. The topological polar surface area (TPSA) is 169 Å². The fraction of sp³-hybridized carbons (Fsp3) is 0.438. The SMILES string of the molecule is Cc1c(CNc2ncc([N+](=O)[O-])c(NCC3CCC(CNC(=O)OC(C)(C)C)CC3)n2)cccc1-c1cccc(C(=O)O)c1. The third-order valence-corrected chi connectivity index (χ3v) is 7.73. The Morgan fingerprint density at radius 2 is 1.73 bits per heavy atom. The number of carbonyl (C=O) groups excluding carboxylic acids is 1. The van der Waals surface area contributed by atoms with E-state index in [0.29, 0.717) is 31.5 Å². The van der Waals surface area contributed by atoms with Crippen LogP contribution in [0.2, 0.25) is 0 Å². The van der Waals surface area contributed by atoms with Gasteiger partial charge in [0, 0.05) is 19.6 Å². The van der Waals surface area contributed by atoms with E-state index in [1.807, 2.05) is 52.0 Å². The lowest BCUT2D eigenvalue weighted by Crippen LogP contribution is -2.36. The van der Waals surface area contributed by atoms with Crippen molar-refractivity contribution in [3.05, 3.63) is 75.5 Å². The Labute approximate surface area is 256 Å². The maximum absolute atomic E-state index is 12.0. The summed E-state index contributed by atoms with van der Waals surface area (Å²) in [6.45, 7) is 8.94. The summed E-state index contributed by atoms with van der Waals surface area (Å²) >= 11 is 0. The first-order chi connectivity index (χ1) is 20.9. The van der Waals surface area contributed by atoms with Crippen LogP contribution in [0.4, 0.5) is 22.2 Å². The molecule has 0 unspecified atom stereocenters. The van der Waals surface area contributed by atoms with E-state index in [0.717, 1.165) is 47.9 Å². The monoisotopic (exact) mass is 604 g/mol. The highest BCUT2D eigenvalue weighted by Gasteiger charge is 2.25. The standard InChI is InChI=1S/C32H40N6O6/c1-20-25(9-6-10-26(20)23-7-5-8-24(15-23)29(39)40)18-34-30-35-19-27(38(42)43)28(37-30)33-16-21-11-13-22(14-12-21)17-36-31(41)44-32(2,3)4/h5-10,15,19,21-22H,11-14,16-18H2,1-4H3,(H,36,41)(H,39,40)(H2,33,34,35,37). The summed E-state index contributed by atoms with van der Waals surface area (Å²) in [6, 6.07) is 12.6. The van der Waals surface area contributed by atoms with E-state index in [1.54, 1.807) is 18.2 Å². The zero-order chi connectivity index (χ0) is 31.9. The molecule has 1 aliphatic rings. The highest BCUT2D eigenvalue weighted by atomic mass is 16.6. The predicted molar refractivity (Wildman–Crippen MR) is 168 cm³/mol. The van der Waals surface area contributed by atoms with Crippen molar-refractivity contribution in [2.45, 2.75) is 65.5 Å².